The molecule has 2 rings (SSSR count). The summed E-state index contributed by atoms with van der Waals surface area (Å²) in [6.07, 6.45) is 0.496. The molecule has 0 spiro atoms. The standard InChI is InChI=1S/C19H31N3O5/c1-4-21(5-2)8-7-20-19(24)18-15-6-10-26-11-9-22(15)17(23)14-16(18)27-13-12-25-3/h14H,4-13H2,1-3H3,(H,20,24). The number of hydrogen-bond acceptors (Lipinski definition) is 6. The fourth-order valence-electron chi connectivity index (χ4n) is 3.15. The van der Waals surface area contributed by atoms with Crippen LogP contribution in [0.15, 0.2) is 10.9 Å². The quantitative estimate of drug-likeness (QED) is 0.595. The summed E-state index contributed by atoms with van der Waals surface area (Å²) >= 11 is 0. The highest BCUT2D eigenvalue weighted by Gasteiger charge is 2.24. The molecule has 152 valence electrons. The van der Waals surface area contributed by atoms with Crippen molar-refractivity contribution in [1.29, 1.82) is 0 Å². The van der Waals surface area contributed by atoms with E-state index in [1.54, 1.807) is 11.7 Å². The van der Waals surface area contributed by atoms with Gasteiger partial charge in [-0.3, -0.25) is 9.59 Å². The fourth-order valence-corrected chi connectivity index (χ4v) is 3.15. The zero-order chi connectivity index (χ0) is 19.6. The van der Waals surface area contributed by atoms with Crippen molar-refractivity contribution in [1.82, 2.24) is 14.8 Å². The van der Waals surface area contributed by atoms with Crippen molar-refractivity contribution >= 4 is 5.91 Å². The lowest BCUT2D eigenvalue weighted by atomic mass is 10.1. The average Bonchev–Trinajstić information content (AvgIpc) is 2.92. The summed E-state index contributed by atoms with van der Waals surface area (Å²) in [5, 5.41) is 2.97. The first-order valence-electron chi connectivity index (χ1n) is 9.59. The smallest absolute Gasteiger partial charge is 0.256 e. The number of amides is 1. The van der Waals surface area contributed by atoms with Crippen molar-refractivity contribution in [2.75, 3.05) is 59.7 Å². The van der Waals surface area contributed by atoms with Gasteiger partial charge in [-0.1, -0.05) is 13.8 Å². The second-order valence-electron chi connectivity index (χ2n) is 6.31. The molecule has 0 aromatic carbocycles. The summed E-state index contributed by atoms with van der Waals surface area (Å²) in [7, 11) is 1.58. The number of likely N-dealkylation sites (N-methyl/N-ethyl adjacent to an activating group) is 1. The van der Waals surface area contributed by atoms with Crippen LogP contribution in [0.25, 0.3) is 0 Å². The number of nitrogens with one attached hydrogen (secondary N) is 1. The SMILES string of the molecule is CCN(CC)CCNC(=O)c1c(OCCOC)cc(=O)n2c1CCOCC2. The van der Waals surface area contributed by atoms with Crippen LogP contribution in [0.2, 0.25) is 0 Å². The van der Waals surface area contributed by atoms with E-state index in [0.29, 0.717) is 56.3 Å². The number of carbonyl (C=O) groups excluding carboxylic acids is 1. The van der Waals surface area contributed by atoms with Gasteiger partial charge < -0.3 is 29.0 Å². The van der Waals surface area contributed by atoms with Crippen molar-refractivity contribution < 1.29 is 19.0 Å². The number of rotatable bonds is 10. The number of nitrogens with zero attached hydrogens (tertiary/aromatic N) is 2. The molecule has 1 amide bonds. The number of methoxy groups -OCH3 is 1. The minimum Gasteiger partial charge on any atom is -0.490 e. The van der Waals surface area contributed by atoms with Crippen molar-refractivity contribution in [3.05, 3.63) is 27.7 Å². The number of pyridine rings is 1. The molecular formula is C19H31N3O5. The van der Waals surface area contributed by atoms with Crippen molar-refractivity contribution in [2.45, 2.75) is 26.8 Å². The molecule has 0 aliphatic carbocycles. The lowest BCUT2D eigenvalue weighted by Gasteiger charge is -2.20. The minimum absolute atomic E-state index is 0.178. The summed E-state index contributed by atoms with van der Waals surface area (Å²) in [6, 6.07) is 1.39. The Bertz CT molecular complexity index is 670. The molecule has 8 heteroatoms. The largest absolute Gasteiger partial charge is 0.490 e. The van der Waals surface area contributed by atoms with Gasteiger partial charge in [0.1, 0.15) is 17.9 Å². The van der Waals surface area contributed by atoms with Crippen LogP contribution in [0.1, 0.15) is 29.9 Å². The Morgan fingerprint density at radius 2 is 2.07 bits per heavy atom. The summed E-state index contributed by atoms with van der Waals surface area (Å²) in [6.45, 7) is 9.39. The topological polar surface area (TPSA) is 82.0 Å². The molecule has 0 atom stereocenters. The first kappa shape index (κ1) is 21.4. The van der Waals surface area contributed by atoms with E-state index in [1.807, 2.05) is 0 Å². The number of hydrogen-bond donors (Lipinski definition) is 1. The third kappa shape index (κ3) is 5.79. The molecular weight excluding hydrogens is 350 g/mol. The van der Waals surface area contributed by atoms with Crippen LogP contribution < -0.4 is 15.6 Å². The van der Waals surface area contributed by atoms with Crippen molar-refractivity contribution in [3.63, 3.8) is 0 Å². The summed E-state index contributed by atoms with van der Waals surface area (Å²) in [5.74, 6) is 0.0887. The second-order valence-corrected chi connectivity index (χ2v) is 6.31. The van der Waals surface area contributed by atoms with Gasteiger partial charge in [-0.25, -0.2) is 0 Å². The maximum Gasteiger partial charge on any atom is 0.256 e. The maximum atomic E-state index is 13.0. The van der Waals surface area contributed by atoms with E-state index in [0.717, 1.165) is 19.6 Å². The van der Waals surface area contributed by atoms with Crippen LogP contribution in [0.4, 0.5) is 0 Å². The number of ether oxygens (including phenoxy) is 3. The van der Waals surface area contributed by atoms with E-state index in [-0.39, 0.29) is 18.1 Å². The molecule has 8 nitrogen and oxygen atoms in total. The zero-order valence-electron chi connectivity index (χ0n) is 16.6. The van der Waals surface area contributed by atoms with Crippen LogP contribution in [0.5, 0.6) is 5.75 Å². The second kappa shape index (κ2) is 11.1. The van der Waals surface area contributed by atoms with Gasteiger partial charge in [-0.15, -0.1) is 0 Å². The van der Waals surface area contributed by atoms with Crippen LogP contribution in [-0.4, -0.2) is 75.1 Å². The van der Waals surface area contributed by atoms with Crippen LogP contribution in [0.3, 0.4) is 0 Å². The van der Waals surface area contributed by atoms with Gasteiger partial charge in [0.2, 0.25) is 0 Å². The monoisotopic (exact) mass is 381 g/mol. The Labute approximate surface area is 160 Å². The zero-order valence-corrected chi connectivity index (χ0v) is 16.6. The highest BCUT2D eigenvalue weighted by Crippen LogP contribution is 2.22. The first-order valence-corrected chi connectivity index (χ1v) is 9.59. The van der Waals surface area contributed by atoms with E-state index < -0.39 is 0 Å². The molecule has 0 radical (unpaired) electrons. The van der Waals surface area contributed by atoms with Gasteiger partial charge >= 0.3 is 0 Å². The van der Waals surface area contributed by atoms with Crippen LogP contribution >= 0.6 is 0 Å². The molecule has 2 heterocycles. The summed E-state index contributed by atoms with van der Waals surface area (Å²) in [5.41, 5.74) is 0.922. The highest BCUT2D eigenvalue weighted by molar-refractivity contribution is 5.98. The third-order valence-corrected chi connectivity index (χ3v) is 4.70. The van der Waals surface area contributed by atoms with Crippen molar-refractivity contribution in [2.24, 2.45) is 0 Å². The molecule has 1 aliphatic rings. The Morgan fingerprint density at radius 1 is 1.30 bits per heavy atom. The molecule has 0 unspecified atom stereocenters. The summed E-state index contributed by atoms with van der Waals surface area (Å²) in [4.78, 5) is 27.7. The number of carbonyl (C=O) groups is 1. The highest BCUT2D eigenvalue weighted by atomic mass is 16.5. The lowest BCUT2D eigenvalue weighted by Crippen LogP contribution is -2.36. The Hall–Kier alpha value is -1.90. The predicted octanol–water partition coefficient (Wildman–Crippen LogP) is 0.518. The van der Waals surface area contributed by atoms with Gasteiger partial charge in [-0.05, 0) is 13.1 Å². The third-order valence-electron chi connectivity index (χ3n) is 4.70. The van der Waals surface area contributed by atoms with Gasteiger partial charge in [0.25, 0.3) is 11.5 Å². The molecule has 0 fully saturated rings. The Morgan fingerprint density at radius 3 is 2.78 bits per heavy atom. The minimum atomic E-state index is -0.222. The van der Waals surface area contributed by atoms with Gasteiger partial charge in [0, 0.05) is 44.9 Å². The number of aromatic nitrogens is 1. The maximum absolute atomic E-state index is 13.0. The molecule has 0 bridgehead atoms. The van der Waals surface area contributed by atoms with E-state index in [9.17, 15) is 9.59 Å². The molecule has 1 aromatic rings. The molecule has 0 saturated carbocycles. The molecule has 1 aliphatic heterocycles. The van der Waals surface area contributed by atoms with Gasteiger partial charge in [-0.2, -0.15) is 0 Å². The number of fused-ring (bicyclic) bond motifs is 1. The van der Waals surface area contributed by atoms with Crippen LogP contribution in [-0.2, 0) is 22.4 Å². The van der Waals surface area contributed by atoms with E-state index in [1.165, 1.54) is 6.07 Å². The normalized spacial score (nSPS) is 13.9. The lowest BCUT2D eigenvalue weighted by molar-refractivity contribution is 0.0938. The molecule has 0 saturated heterocycles. The Kier molecular flexibility index (Phi) is 8.77. The molecule has 27 heavy (non-hydrogen) atoms. The fraction of sp³-hybridized carbons (Fsp3) is 0.684. The average molecular weight is 381 g/mol. The van der Waals surface area contributed by atoms with Crippen LogP contribution in [0, 0.1) is 0 Å². The molecule has 1 aromatic heterocycles. The summed E-state index contributed by atoms with van der Waals surface area (Å²) < 4.78 is 17.8. The van der Waals surface area contributed by atoms with Crippen molar-refractivity contribution in [3.8, 4) is 5.75 Å². The van der Waals surface area contributed by atoms with E-state index in [4.69, 9.17) is 14.2 Å². The van der Waals surface area contributed by atoms with Gasteiger partial charge in [0.15, 0.2) is 0 Å². The first-order chi connectivity index (χ1) is 13.1. The predicted molar refractivity (Wildman–Crippen MR) is 103 cm³/mol. The Balaban J connectivity index is 2.26. The van der Waals surface area contributed by atoms with E-state index in [2.05, 4.69) is 24.1 Å². The van der Waals surface area contributed by atoms with Gasteiger partial charge in [0.05, 0.1) is 19.8 Å². The van der Waals surface area contributed by atoms with E-state index >= 15 is 0 Å². The molecule has 1 N–H and O–H groups in total.